The zero-order valence-electron chi connectivity index (χ0n) is 18.1. The van der Waals surface area contributed by atoms with Crippen molar-refractivity contribution in [1.29, 1.82) is 0 Å². The number of unbranched alkanes of at least 4 members (excludes halogenated alkanes) is 7. The Hall–Kier alpha value is -2.45. The number of aliphatic hydroxyl groups excluding tert-OH is 1. The van der Waals surface area contributed by atoms with Gasteiger partial charge in [0.1, 0.15) is 6.04 Å². The van der Waals surface area contributed by atoms with Gasteiger partial charge in [0.25, 0.3) is 5.91 Å². The Morgan fingerprint density at radius 3 is 2.39 bits per heavy atom. The van der Waals surface area contributed by atoms with Gasteiger partial charge in [-0.1, -0.05) is 38.5 Å². The van der Waals surface area contributed by atoms with Crippen molar-refractivity contribution in [1.82, 2.24) is 10.2 Å². The molecule has 0 aliphatic carbocycles. The molecule has 0 spiro atoms. The van der Waals surface area contributed by atoms with Gasteiger partial charge < -0.3 is 16.2 Å². The first-order chi connectivity index (χ1) is 15.0. The summed E-state index contributed by atoms with van der Waals surface area (Å²) in [7, 11) is 0. The third-order valence-corrected chi connectivity index (χ3v) is 6.06. The molecular weight excluding hydrogens is 396 g/mol. The number of fused-ring (bicyclic) bond motifs is 1. The first kappa shape index (κ1) is 23.2. The number of amides is 3. The molecule has 1 fully saturated rings. The average molecular weight is 431 g/mol. The SMILES string of the molecule is NCCCCCCCCCCNc1ccc2c(c1)C(O)N(C1CCC(=O)NC1=O)C2=O. The van der Waals surface area contributed by atoms with Gasteiger partial charge in [-0.05, 0) is 44.0 Å². The van der Waals surface area contributed by atoms with Gasteiger partial charge in [0.2, 0.25) is 11.8 Å². The second-order valence-corrected chi connectivity index (χ2v) is 8.40. The lowest BCUT2D eigenvalue weighted by Gasteiger charge is -2.31. The van der Waals surface area contributed by atoms with Crippen molar-refractivity contribution < 1.29 is 19.5 Å². The maximum absolute atomic E-state index is 12.8. The van der Waals surface area contributed by atoms with Crippen LogP contribution in [0.15, 0.2) is 18.2 Å². The molecule has 1 aromatic rings. The van der Waals surface area contributed by atoms with Crippen LogP contribution in [0.4, 0.5) is 5.69 Å². The number of benzene rings is 1. The summed E-state index contributed by atoms with van der Waals surface area (Å²) in [6.45, 7) is 1.61. The minimum Gasteiger partial charge on any atom is -0.385 e. The molecule has 0 saturated carbocycles. The summed E-state index contributed by atoms with van der Waals surface area (Å²) in [6, 6.07) is 4.46. The highest BCUT2D eigenvalue weighted by atomic mass is 16.3. The summed E-state index contributed by atoms with van der Waals surface area (Å²) in [4.78, 5) is 37.5. The van der Waals surface area contributed by atoms with Crippen LogP contribution in [-0.4, -0.2) is 46.9 Å². The molecule has 0 radical (unpaired) electrons. The Morgan fingerprint density at radius 2 is 1.71 bits per heavy atom. The van der Waals surface area contributed by atoms with Gasteiger partial charge in [0.05, 0.1) is 0 Å². The number of nitrogens with two attached hydrogens (primary N) is 1. The summed E-state index contributed by atoms with van der Waals surface area (Å²) >= 11 is 0. The van der Waals surface area contributed by atoms with Gasteiger partial charge in [-0.25, -0.2) is 0 Å². The van der Waals surface area contributed by atoms with Gasteiger partial charge in [0.15, 0.2) is 6.23 Å². The largest absolute Gasteiger partial charge is 0.385 e. The summed E-state index contributed by atoms with van der Waals surface area (Å²) < 4.78 is 0. The number of carbonyl (C=O) groups is 3. The number of piperidine rings is 1. The Balaban J connectivity index is 1.45. The van der Waals surface area contributed by atoms with Crippen molar-refractivity contribution in [3.05, 3.63) is 29.3 Å². The number of hydrogen-bond donors (Lipinski definition) is 4. The van der Waals surface area contributed by atoms with Gasteiger partial charge >= 0.3 is 0 Å². The fourth-order valence-electron chi connectivity index (χ4n) is 4.30. The third kappa shape index (κ3) is 5.83. The molecule has 170 valence electrons. The van der Waals surface area contributed by atoms with E-state index in [1.807, 2.05) is 6.07 Å². The molecule has 3 rings (SSSR count). The molecule has 2 aliphatic rings. The van der Waals surface area contributed by atoms with Crippen molar-refractivity contribution in [3.63, 3.8) is 0 Å². The van der Waals surface area contributed by atoms with Crippen LogP contribution in [0.25, 0.3) is 0 Å². The summed E-state index contributed by atoms with van der Waals surface area (Å²) in [5.41, 5.74) is 7.24. The van der Waals surface area contributed by atoms with Crippen molar-refractivity contribution in [3.8, 4) is 0 Å². The molecule has 0 aromatic heterocycles. The molecule has 2 unspecified atom stereocenters. The Morgan fingerprint density at radius 1 is 1.03 bits per heavy atom. The minimum atomic E-state index is -1.19. The number of nitrogens with one attached hydrogen (secondary N) is 2. The Bertz CT molecular complexity index is 798. The first-order valence-electron chi connectivity index (χ1n) is 11.4. The van der Waals surface area contributed by atoms with Gasteiger partial charge in [-0.2, -0.15) is 0 Å². The standard InChI is InChI=1S/C23H34N4O4/c24-13-7-5-3-1-2-4-6-8-14-25-16-9-10-17-18(15-16)23(31)27(22(17)30)19-11-12-20(28)26-21(19)29/h9-10,15,19,23,25,31H,1-8,11-14,24H2,(H,26,28,29). The van der Waals surface area contributed by atoms with Crippen LogP contribution in [0.2, 0.25) is 0 Å². The number of carbonyl (C=O) groups excluding carboxylic acids is 3. The average Bonchev–Trinajstić information content (AvgIpc) is 2.99. The molecule has 5 N–H and O–H groups in total. The molecule has 31 heavy (non-hydrogen) atoms. The highest BCUT2D eigenvalue weighted by Crippen LogP contribution is 2.36. The van der Waals surface area contributed by atoms with E-state index in [2.05, 4.69) is 10.6 Å². The van der Waals surface area contributed by atoms with Crippen molar-refractivity contribution in [2.45, 2.75) is 76.5 Å². The number of imide groups is 1. The van der Waals surface area contributed by atoms with Crippen LogP contribution in [0.1, 0.15) is 86.4 Å². The summed E-state index contributed by atoms with van der Waals surface area (Å²) in [5.74, 6) is -1.26. The second kappa shape index (κ2) is 11.2. The Labute approximate surface area is 183 Å². The van der Waals surface area contributed by atoms with E-state index in [0.29, 0.717) is 11.1 Å². The third-order valence-electron chi connectivity index (χ3n) is 6.06. The molecule has 2 aliphatic heterocycles. The minimum absolute atomic E-state index is 0.157. The van der Waals surface area contributed by atoms with Crippen LogP contribution in [0.3, 0.4) is 0 Å². The number of nitrogens with zero attached hydrogens (tertiary/aromatic N) is 1. The van der Waals surface area contributed by atoms with Crippen LogP contribution in [0, 0.1) is 0 Å². The predicted octanol–water partition coefficient (Wildman–Crippen LogP) is 2.43. The van der Waals surface area contributed by atoms with E-state index in [4.69, 9.17) is 5.73 Å². The monoisotopic (exact) mass is 430 g/mol. The van der Waals surface area contributed by atoms with Crippen LogP contribution in [-0.2, 0) is 9.59 Å². The Kier molecular flexibility index (Phi) is 8.43. The highest BCUT2D eigenvalue weighted by Gasteiger charge is 2.44. The lowest BCUT2D eigenvalue weighted by Crippen LogP contribution is -2.53. The molecule has 8 heteroatoms. The predicted molar refractivity (Wildman–Crippen MR) is 118 cm³/mol. The number of anilines is 1. The summed E-state index contributed by atoms with van der Waals surface area (Å²) in [6.07, 6.45) is 8.78. The highest BCUT2D eigenvalue weighted by molar-refractivity contribution is 6.05. The van der Waals surface area contributed by atoms with E-state index >= 15 is 0 Å². The van der Waals surface area contributed by atoms with Gasteiger partial charge in [-0.3, -0.25) is 24.6 Å². The zero-order chi connectivity index (χ0) is 22.2. The smallest absolute Gasteiger partial charge is 0.257 e. The zero-order valence-corrected chi connectivity index (χ0v) is 18.1. The molecule has 0 bridgehead atoms. The molecule has 2 atom stereocenters. The van der Waals surface area contributed by atoms with E-state index in [-0.39, 0.29) is 24.7 Å². The van der Waals surface area contributed by atoms with Crippen molar-refractivity contribution in [2.75, 3.05) is 18.4 Å². The lowest BCUT2D eigenvalue weighted by molar-refractivity contribution is -0.139. The normalized spacial score (nSPS) is 20.7. The molecular formula is C23H34N4O4. The van der Waals surface area contributed by atoms with Crippen LogP contribution >= 0.6 is 0 Å². The topological polar surface area (TPSA) is 125 Å². The van der Waals surface area contributed by atoms with Crippen molar-refractivity contribution in [2.24, 2.45) is 5.73 Å². The number of rotatable bonds is 12. The summed E-state index contributed by atoms with van der Waals surface area (Å²) in [5, 5.41) is 16.3. The molecule has 1 saturated heterocycles. The maximum Gasteiger partial charge on any atom is 0.257 e. The molecule has 2 heterocycles. The maximum atomic E-state index is 12.8. The molecule has 3 amide bonds. The second-order valence-electron chi connectivity index (χ2n) is 8.40. The van der Waals surface area contributed by atoms with Crippen molar-refractivity contribution >= 4 is 23.4 Å². The van der Waals surface area contributed by atoms with E-state index in [9.17, 15) is 19.5 Å². The van der Waals surface area contributed by atoms with Crippen LogP contribution in [0.5, 0.6) is 0 Å². The molecule has 8 nitrogen and oxygen atoms in total. The van der Waals surface area contributed by atoms with Gasteiger partial charge in [0, 0.05) is 29.8 Å². The number of hydrogen-bond acceptors (Lipinski definition) is 6. The van der Waals surface area contributed by atoms with E-state index in [1.54, 1.807) is 12.1 Å². The number of aliphatic hydroxyl groups is 1. The van der Waals surface area contributed by atoms with Gasteiger partial charge in [-0.15, -0.1) is 0 Å². The fourth-order valence-corrected chi connectivity index (χ4v) is 4.30. The van der Waals surface area contributed by atoms with E-state index < -0.39 is 18.2 Å². The van der Waals surface area contributed by atoms with Crippen LogP contribution < -0.4 is 16.4 Å². The quantitative estimate of drug-likeness (QED) is 0.298. The van der Waals surface area contributed by atoms with E-state index in [1.165, 1.54) is 43.4 Å². The lowest BCUT2D eigenvalue weighted by atomic mass is 10.0. The fraction of sp³-hybridized carbons (Fsp3) is 0.609. The molecule has 1 aromatic carbocycles. The van der Waals surface area contributed by atoms with E-state index in [0.717, 1.165) is 31.6 Å². The first-order valence-corrected chi connectivity index (χ1v) is 11.4.